The van der Waals surface area contributed by atoms with Crippen LogP contribution in [0.25, 0.3) is 0 Å². The van der Waals surface area contributed by atoms with Crippen LogP contribution in [0.1, 0.15) is 26.2 Å². The topological polar surface area (TPSA) is 40.0 Å². The van der Waals surface area contributed by atoms with Gasteiger partial charge in [0.15, 0.2) is 0 Å². The highest BCUT2D eigenvalue weighted by Gasteiger charge is 2.36. The summed E-state index contributed by atoms with van der Waals surface area (Å²) in [6.45, 7) is 2.97. The molecular formula is C10H23NO3Si. The van der Waals surface area contributed by atoms with E-state index in [9.17, 15) is 0 Å². The van der Waals surface area contributed by atoms with Crippen LogP contribution < -0.4 is 0 Å². The van der Waals surface area contributed by atoms with E-state index in [1.165, 1.54) is 0 Å². The fraction of sp³-hybridized carbons (Fsp3) is 0.900. The Kier molecular flexibility index (Phi) is 8.89. The van der Waals surface area contributed by atoms with E-state index in [1.807, 2.05) is 6.21 Å². The first-order valence-corrected chi connectivity index (χ1v) is 7.31. The molecule has 0 aliphatic carbocycles. The Balaban J connectivity index is 3.71. The molecule has 0 aliphatic heterocycles. The van der Waals surface area contributed by atoms with Gasteiger partial charge in [-0.25, -0.2) is 0 Å². The molecule has 0 saturated carbocycles. The van der Waals surface area contributed by atoms with Gasteiger partial charge in [-0.2, -0.15) is 0 Å². The average molecular weight is 233 g/mol. The maximum atomic E-state index is 5.31. The van der Waals surface area contributed by atoms with Crippen molar-refractivity contribution >= 4 is 15.0 Å². The SMILES string of the molecule is CCCC=NCCC[Si](OC)(OC)OC. The first kappa shape index (κ1) is 14.8. The van der Waals surface area contributed by atoms with Gasteiger partial charge in [0.05, 0.1) is 0 Å². The standard InChI is InChI=1S/C10H23NO3Si/c1-5-6-8-11-9-7-10-15(12-2,13-3)14-4/h8H,5-7,9-10H2,1-4H3. The predicted octanol–water partition coefficient (Wildman–Crippen LogP) is 2.13. The number of hydrogen-bond acceptors (Lipinski definition) is 4. The lowest BCUT2D eigenvalue weighted by Crippen LogP contribution is -2.42. The molecule has 0 bridgehead atoms. The molecule has 0 amide bonds. The lowest BCUT2D eigenvalue weighted by Gasteiger charge is -2.23. The van der Waals surface area contributed by atoms with E-state index in [-0.39, 0.29) is 0 Å². The fourth-order valence-electron chi connectivity index (χ4n) is 1.25. The van der Waals surface area contributed by atoms with Crippen molar-refractivity contribution < 1.29 is 13.3 Å². The molecular weight excluding hydrogens is 210 g/mol. The number of hydrogen-bond donors (Lipinski definition) is 0. The Bertz CT molecular complexity index is 164. The third-order valence-electron chi connectivity index (χ3n) is 2.25. The van der Waals surface area contributed by atoms with Gasteiger partial charge in [-0.3, -0.25) is 4.99 Å². The lowest BCUT2D eigenvalue weighted by molar-refractivity contribution is 0.123. The quantitative estimate of drug-likeness (QED) is 0.348. The molecule has 0 atom stereocenters. The normalized spacial score (nSPS) is 12.5. The van der Waals surface area contributed by atoms with E-state index in [4.69, 9.17) is 13.3 Å². The number of aliphatic imine (C=N–C) groups is 1. The van der Waals surface area contributed by atoms with Crippen molar-refractivity contribution in [2.24, 2.45) is 4.99 Å². The molecule has 0 saturated heterocycles. The van der Waals surface area contributed by atoms with Crippen molar-refractivity contribution in [3.05, 3.63) is 0 Å². The maximum absolute atomic E-state index is 5.31. The molecule has 0 aromatic carbocycles. The number of unbranched alkanes of at least 4 members (excludes halogenated alkanes) is 1. The molecule has 0 aliphatic rings. The van der Waals surface area contributed by atoms with E-state index in [2.05, 4.69) is 11.9 Å². The molecule has 0 radical (unpaired) electrons. The van der Waals surface area contributed by atoms with E-state index in [0.717, 1.165) is 31.9 Å². The molecule has 0 aromatic rings. The number of nitrogens with zero attached hydrogens (tertiary/aromatic N) is 1. The fourth-order valence-corrected chi connectivity index (χ4v) is 2.96. The summed E-state index contributed by atoms with van der Waals surface area (Å²) in [4.78, 5) is 4.30. The van der Waals surface area contributed by atoms with Crippen molar-refractivity contribution in [1.82, 2.24) is 0 Å². The summed E-state index contributed by atoms with van der Waals surface area (Å²) in [6, 6.07) is 0.819. The Morgan fingerprint density at radius 2 is 1.73 bits per heavy atom. The van der Waals surface area contributed by atoms with Crippen LogP contribution in [0.15, 0.2) is 4.99 Å². The molecule has 0 heterocycles. The van der Waals surface area contributed by atoms with Crippen LogP contribution >= 0.6 is 0 Å². The van der Waals surface area contributed by atoms with E-state index < -0.39 is 8.80 Å². The molecule has 0 N–H and O–H groups in total. The Labute approximate surface area is 94.0 Å². The molecule has 90 valence electrons. The maximum Gasteiger partial charge on any atom is 0.500 e. The van der Waals surface area contributed by atoms with Gasteiger partial charge in [-0.1, -0.05) is 13.3 Å². The minimum absolute atomic E-state index is 0.819. The Morgan fingerprint density at radius 1 is 1.13 bits per heavy atom. The Hall–Kier alpha value is -0.233. The molecule has 5 heteroatoms. The monoisotopic (exact) mass is 233 g/mol. The highest BCUT2D eigenvalue weighted by Crippen LogP contribution is 2.14. The average Bonchev–Trinajstić information content (AvgIpc) is 2.29. The molecule has 0 fully saturated rings. The van der Waals surface area contributed by atoms with Crippen LogP contribution in [0.2, 0.25) is 6.04 Å². The second-order valence-electron chi connectivity index (χ2n) is 3.28. The van der Waals surface area contributed by atoms with Crippen molar-refractivity contribution in [1.29, 1.82) is 0 Å². The van der Waals surface area contributed by atoms with E-state index >= 15 is 0 Å². The van der Waals surface area contributed by atoms with Gasteiger partial charge in [0.2, 0.25) is 0 Å². The summed E-state index contributed by atoms with van der Waals surface area (Å²) >= 11 is 0. The second-order valence-corrected chi connectivity index (χ2v) is 6.37. The summed E-state index contributed by atoms with van der Waals surface area (Å²) in [5.74, 6) is 0. The van der Waals surface area contributed by atoms with Gasteiger partial charge in [0, 0.05) is 33.9 Å². The van der Waals surface area contributed by atoms with Crippen molar-refractivity contribution in [2.75, 3.05) is 27.9 Å². The Morgan fingerprint density at radius 3 is 2.20 bits per heavy atom. The zero-order valence-electron chi connectivity index (χ0n) is 10.3. The molecule has 15 heavy (non-hydrogen) atoms. The van der Waals surface area contributed by atoms with Gasteiger partial charge in [0.1, 0.15) is 0 Å². The van der Waals surface area contributed by atoms with Gasteiger partial charge in [-0.05, 0) is 19.1 Å². The second kappa shape index (κ2) is 9.03. The van der Waals surface area contributed by atoms with Crippen LogP contribution in [0.5, 0.6) is 0 Å². The molecule has 0 aromatic heterocycles. The molecule has 4 nitrogen and oxygen atoms in total. The minimum Gasteiger partial charge on any atom is -0.377 e. The predicted molar refractivity (Wildman–Crippen MR) is 64.5 cm³/mol. The van der Waals surface area contributed by atoms with Crippen molar-refractivity contribution in [3.8, 4) is 0 Å². The van der Waals surface area contributed by atoms with E-state index in [0.29, 0.717) is 0 Å². The van der Waals surface area contributed by atoms with Gasteiger partial charge in [-0.15, -0.1) is 0 Å². The first-order valence-electron chi connectivity index (χ1n) is 5.38. The van der Waals surface area contributed by atoms with Crippen molar-refractivity contribution in [2.45, 2.75) is 32.2 Å². The molecule has 0 spiro atoms. The van der Waals surface area contributed by atoms with Gasteiger partial charge >= 0.3 is 8.80 Å². The largest absolute Gasteiger partial charge is 0.500 e. The zero-order chi connectivity index (χ0) is 11.6. The zero-order valence-corrected chi connectivity index (χ0v) is 11.3. The summed E-state index contributed by atoms with van der Waals surface area (Å²) < 4.78 is 15.9. The summed E-state index contributed by atoms with van der Waals surface area (Å²) in [7, 11) is 2.56. The van der Waals surface area contributed by atoms with Crippen LogP contribution in [-0.2, 0) is 13.3 Å². The van der Waals surface area contributed by atoms with Gasteiger partial charge < -0.3 is 13.3 Å². The summed E-state index contributed by atoms with van der Waals surface area (Å²) in [5.41, 5.74) is 0. The number of rotatable bonds is 9. The third-order valence-corrected chi connectivity index (χ3v) is 5.08. The van der Waals surface area contributed by atoms with Gasteiger partial charge in [0.25, 0.3) is 0 Å². The summed E-state index contributed by atoms with van der Waals surface area (Å²) in [6.07, 6.45) is 5.13. The highest BCUT2D eigenvalue weighted by atomic mass is 28.4. The van der Waals surface area contributed by atoms with Crippen LogP contribution in [-0.4, -0.2) is 42.9 Å². The van der Waals surface area contributed by atoms with E-state index in [1.54, 1.807) is 21.3 Å². The van der Waals surface area contributed by atoms with Crippen LogP contribution in [0.3, 0.4) is 0 Å². The lowest BCUT2D eigenvalue weighted by atomic mass is 10.4. The minimum atomic E-state index is -2.36. The molecule has 0 unspecified atom stereocenters. The van der Waals surface area contributed by atoms with Crippen LogP contribution in [0.4, 0.5) is 0 Å². The van der Waals surface area contributed by atoms with Crippen molar-refractivity contribution in [3.63, 3.8) is 0 Å². The smallest absolute Gasteiger partial charge is 0.377 e. The summed E-state index contributed by atoms with van der Waals surface area (Å²) in [5, 5.41) is 0. The highest BCUT2D eigenvalue weighted by molar-refractivity contribution is 6.60. The first-order chi connectivity index (χ1) is 7.24. The third kappa shape index (κ3) is 6.04. The molecule has 0 rings (SSSR count). The van der Waals surface area contributed by atoms with Crippen LogP contribution in [0, 0.1) is 0 Å².